The summed E-state index contributed by atoms with van der Waals surface area (Å²) in [7, 11) is 0. The summed E-state index contributed by atoms with van der Waals surface area (Å²) in [6, 6.07) is 9.02. The van der Waals surface area contributed by atoms with Crippen LogP contribution in [0.2, 0.25) is 0 Å². The first kappa shape index (κ1) is 20.1. The number of aryl methyl sites for hydroxylation is 1. The molecule has 0 saturated heterocycles. The van der Waals surface area contributed by atoms with Gasteiger partial charge in [-0.2, -0.15) is 9.78 Å². The highest BCUT2D eigenvalue weighted by Gasteiger charge is 2.17. The molecule has 148 valence electrons. The van der Waals surface area contributed by atoms with Gasteiger partial charge in [-0.15, -0.1) is 0 Å². The number of hydrogen-bond acceptors (Lipinski definition) is 7. The minimum absolute atomic E-state index is 0.180. The van der Waals surface area contributed by atoms with Crippen LogP contribution in [0.15, 0.2) is 50.8 Å². The molecule has 1 aromatic heterocycles. The van der Waals surface area contributed by atoms with Crippen molar-refractivity contribution in [3.05, 3.63) is 72.7 Å². The predicted octanol–water partition coefficient (Wildman–Crippen LogP) is 2.72. The first-order valence-corrected chi connectivity index (χ1v) is 8.92. The van der Waals surface area contributed by atoms with Crippen molar-refractivity contribution in [3.63, 3.8) is 0 Å². The van der Waals surface area contributed by atoms with Crippen molar-refractivity contribution < 1.29 is 19.6 Å². The number of carboxylic acids is 1. The number of carboxylic acid groups (broad SMARTS) is 1. The highest BCUT2D eigenvalue weighted by molar-refractivity contribution is 9.10. The molecule has 0 fully saturated rings. The van der Waals surface area contributed by atoms with Crippen molar-refractivity contribution in [1.29, 1.82) is 0 Å². The molecule has 1 heterocycles. The van der Waals surface area contributed by atoms with Crippen LogP contribution in [0.5, 0.6) is 5.75 Å². The summed E-state index contributed by atoms with van der Waals surface area (Å²) < 4.78 is 6.73. The summed E-state index contributed by atoms with van der Waals surface area (Å²) in [5.41, 5.74) is 0.0403. The number of halogens is 1. The Labute approximate surface area is 171 Å². The van der Waals surface area contributed by atoms with Gasteiger partial charge in [-0.25, -0.2) is 9.78 Å². The Morgan fingerprint density at radius 1 is 1.38 bits per heavy atom. The van der Waals surface area contributed by atoms with Crippen LogP contribution in [0.3, 0.4) is 0 Å². The smallest absolute Gasteiger partial charge is 0.341 e. The van der Waals surface area contributed by atoms with E-state index in [1.807, 2.05) is 0 Å². The Balaban J connectivity index is 1.99. The van der Waals surface area contributed by atoms with E-state index < -0.39 is 23.2 Å². The SMILES string of the molecule is Cc1nc2ccc(Br)cc2c(=O)n1N=Cc1ccc(OCC(=O)O)c([N+](=O)[O-])c1. The molecule has 0 amide bonds. The van der Waals surface area contributed by atoms with Gasteiger partial charge < -0.3 is 9.84 Å². The summed E-state index contributed by atoms with van der Waals surface area (Å²) in [5.74, 6) is -1.09. The fourth-order valence-electron chi connectivity index (χ4n) is 2.54. The lowest BCUT2D eigenvalue weighted by Gasteiger charge is -2.06. The zero-order valence-electron chi connectivity index (χ0n) is 14.9. The maximum atomic E-state index is 12.7. The van der Waals surface area contributed by atoms with Crippen LogP contribution in [0.4, 0.5) is 5.69 Å². The minimum Gasteiger partial charge on any atom is -0.479 e. The number of aliphatic carboxylic acids is 1. The van der Waals surface area contributed by atoms with E-state index in [0.29, 0.717) is 22.3 Å². The molecule has 0 bridgehead atoms. The van der Waals surface area contributed by atoms with Gasteiger partial charge in [0.1, 0.15) is 5.82 Å². The summed E-state index contributed by atoms with van der Waals surface area (Å²) in [6.07, 6.45) is 1.27. The lowest BCUT2D eigenvalue weighted by Crippen LogP contribution is -2.20. The molecule has 0 radical (unpaired) electrons. The van der Waals surface area contributed by atoms with Gasteiger partial charge in [0, 0.05) is 16.1 Å². The third-order valence-corrected chi connectivity index (χ3v) is 4.32. The number of nitrogens with zero attached hydrogens (tertiary/aromatic N) is 4. The quantitative estimate of drug-likeness (QED) is 0.339. The first-order valence-electron chi connectivity index (χ1n) is 8.12. The van der Waals surface area contributed by atoms with Gasteiger partial charge in [0.05, 0.1) is 22.0 Å². The molecule has 11 heteroatoms. The molecule has 0 aliphatic rings. The molecule has 3 rings (SSSR count). The fraction of sp³-hybridized carbons (Fsp3) is 0.111. The first-order chi connectivity index (χ1) is 13.8. The second-order valence-corrected chi connectivity index (χ2v) is 6.76. The average Bonchev–Trinajstić information content (AvgIpc) is 2.67. The number of hydrogen-bond donors (Lipinski definition) is 1. The highest BCUT2D eigenvalue weighted by atomic mass is 79.9. The van der Waals surface area contributed by atoms with E-state index in [9.17, 15) is 19.7 Å². The Morgan fingerprint density at radius 2 is 2.14 bits per heavy atom. The molecule has 0 unspecified atom stereocenters. The second kappa shape index (κ2) is 8.19. The van der Waals surface area contributed by atoms with Crippen molar-refractivity contribution >= 4 is 44.7 Å². The lowest BCUT2D eigenvalue weighted by molar-refractivity contribution is -0.385. The number of aromatic nitrogens is 2. The zero-order chi connectivity index (χ0) is 21.1. The number of carbonyl (C=O) groups is 1. The Morgan fingerprint density at radius 3 is 2.83 bits per heavy atom. The molecule has 29 heavy (non-hydrogen) atoms. The van der Waals surface area contributed by atoms with Gasteiger partial charge in [-0.1, -0.05) is 15.9 Å². The molecule has 0 atom stereocenters. The third kappa shape index (κ3) is 4.46. The molecule has 3 aromatic rings. The molecule has 1 N–H and O–H groups in total. The van der Waals surface area contributed by atoms with Crippen LogP contribution in [0.1, 0.15) is 11.4 Å². The number of benzene rings is 2. The van der Waals surface area contributed by atoms with Crippen molar-refractivity contribution in [3.8, 4) is 5.75 Å². The van der Waals surface area contributed by atoms with Crippen LogP contribution in [-0.4, -0.2) is 38.5 Å². The Kier molecular flexibility index (Phi) is 5.69. The molecule has 0 spiro atoms. The van der Waals surface area contributed by atoms with Crippen LogP contribution in [-0.2, 0) is 4.79 Å². The van der Waals surface area contributed by atoms with E-state index >= 15 is 0 Å². The summed E-state index contributed by atoms with van der Waals surface area (Å²) >= 11 is 3.31. The number of fused-ring (bicyclic) bond motifs is 1. The highest BCUT2D eigenvalue weighted by Crippen LogP contribution is 2.27. The van der Waals surface area contributed by atoms with E-state index in [-0.39, 0.29) is 11.3 Å². The monoisotopic (exact) mass is 460 g/mol. The molecule has 0 saturated carbocycles. The van der Waals surface area contributed by atoms with Crippen LogP contribution >= 0.6 is 15.9 Å². The maximum absolute atomic E-state index is 12.7. The summed E-state index contributed by atoms with van der Waals surface area (Å²) in [4.78, 5) is 38.2. The Bertz CT molecular complexity index is 1220. The topological polar surface area (TPSA) is 137 Å². The van der Waals surface area contributed by atoms with Gasteiger partial charge in [-0.3, -0.25) is 14.9 Å². The van der Waals surface area contributed by atoms with E-state index in [0.717, 1.165) is 9.15 Å². The molecule has 0 aliphatic heterocycles. The van der Waals surface area contributed by atoms with Crippen molar-refractivity contribution in [2.75, 3.05) is 6.61 Å². The third-order valence-electron chi connectivity index (χ3n) is 3.82. The van der Waals surface area contributed by atoms with Crippen LogP contribution < -0.4 is 10.3 Å². The molecule has 2 aromatic carbocycles. The summed E-state index contributed by atoms with van der Waals surface area (Å²) in [6.45, 7) is 0.909. The molecular formula is C18H13BrN4O6. The van der Waals surface area contributed by atoms with Crippen molar-refractivity contribution in [2.24, 2.45) is 5.10 Å². The van der Waals surface area contributed by atoms with Crippen molar-refractivity contribution in [1.82, 2.24) is 9.66 Å². The normalized spacial score (nSPS) is 11.1. The Hall–Kier alpha value is -3.60. The zero-order valence-corrected chi connectivity index (χ0v) is 16.5. The average molecular weight is 461 g/mol. The van der Waals surface area contributed by atoms with E-state index in [1.54, 1.807) is 25.1 Å². The van der Waals surface area contributed by atoms with Crippen molar-refractivity contribution in [2.45, 2.75) is 6.92 Å². The van der Waals surface area contributed by atoms with Gasteiger partial charge in [0.15, 0.2) is 12.4 Å². The molecule has 0 aliphatic carbocycles. The number of rotatable bonds is 6. The molecular weight excluding hydrogens is 448 g/mol. The summed E-state index contributed by atoms with van der Waals surface area (Å²) in [5, 5.41) is 24.4. The van der Waals surface area contributed by atoms with Crippen LogP contribution in [0.25, 0.3) is 10.9 Å². The predicted molar refractivity (Wildman–Crippen MR) is 108 cm³/mol. The van der Waals surface area contributed by atoms with Crippen LogP contribution in [0, 0.1) is 17.0 Å². The van der Waals surface area contributed by atoms with Gasteiger partial charge >= 0.3 is 11.7 Å². The van der Waals surface area contributed by atoms with Gasteiger partial charge in [0.25, 0.3) is 5.56 Å². The number of ether oxygens (including phenoxy) is 1. The molecule has 10 nitrogen and oxygen atoms in total. The second-order valence-electron chi connectivity index (χ2n) is 5.85. The lowest BCUT2D eigenvalue weighted by atomic mass is 10.2. The van der Waals surface area contributed by atoms with Gasteiger partial charge in [0.2, 0.25) is 0 Å². The van der Waals surface area contributed by atoms with Gasteiger partial charge in [-0.05, 0) is 37.3 Å². The van der Waals surface area contributed by atoms with E-state index in [2.05, 4.69) is 26.0 Å². The maximum Gasteiger partial charge on any atom is 0.341 e. The standard InChI is InChI=1S/C18H13BrN4O6/c1-10-21-14-4-3-12(19)7-13(14)18(26)22(10)20-8-11-2-5-16(29-9-17(24)25)15(6-11)23(27)28/h2-8H,9H2,1H3,(H,24,25). The number of nitro groups is 1. The van der Waals surface area contributed by atoms with E-state index in [4.69, 9.17) is 9.84 Å². The van der Waals surface area contributed by atoms with E-state index in [1.165, 1.54) is 24.4 Å². The largest absolute Gasteiger partial charge is 0.479 e. The number of nitro benzene ring substituents is 1. The minimum atomic E-state index is -1.25. The fourth-order valence-corrected chi connectivity index (χ4v) is 2.90.